The van der Waals surface area contributed by atoms with Crippen LogP contribution in [0.2, 0.25) is 0 Å². The van der Waals surface area contributed by atoms with Crippen LogP contribution in [0.25, 0.3) is 0 Å². The van der Waals surface area contributed by atoms with E-state index in [1.54, 1.807) is 24.3 Å². The minimum absolute atomic E-state index is 0.195. The van der Waals surface area contributed by atoms with E-state index < -0.39 is 11.7 Å². The first-order valence-electron chi connectivity index (χ1n) is 6.20. The zero-order chi connectivity index (χ0) is 15.4. The van der Waals surface area contributed by atoms with Crippen LogP contribution in [0.4, 0.5) is 21.5 Å². The van der Waals surface area contributed by atoms with Crippen molar-refractivity contribution in [1.29, 1.82) is 0 Å². The lowest BCUT2D eigenvalue weighted by Gasteiger charge is -2.09. The summed E-state index contributed by atoms with van der Waals surface area (Å²) in [4.78, 5) is 22.9. The number of hydrogen-bond donors (Lipinski definition) is 3. The van der Waals surface area contributed by atoms with E-state index in [2.05, 4.69) is 10.6 Å². The molecule has 0 aromatic heterocycles. The fourth-order valence-electron chi connectivity index (χ4n) is 1.74. The largest absolute Gasteiger partial charge is 0.397 e. The molecule has 2 amide bonds. The number of carbonyl (C=O) groups is 2. The van der Waals surface area contributed by atoms with Crippen LogP contribution in [0, 0.1) is 5.82 Å². The summed E-state index contributed by atoms with van der Waals surface area (Å²) in [6.45, 7) is 1.40. The first kappa shape index (κ1) is 14.5. The van der Waals surface area contributed by atoms with Gasteiger partial charge in [-0.1, -0.05) is 0 Å². The number of nitrogens with two attached hydrogens (primary N) is 1. The lowest BCUT2D eigenvalue weighted by molar-refractivity contribution is -0.114. The van der Waals surface area contributed by atoms with Crippen molar-refractivity contribution in [3.8, 4) is 0 Å². The Kier molecular flexibility index (Phi) is 4.18. The van der Waals surface area contributed by atoms with Crippen LogP contribution in [-0.2, 0) is 4.79 Å². The van der Waals surface area contributed by atoms with Crippen LogP contribution in [0.1, 0.15) is 17.3 Å². The van der Waals surface area contributed by atoms with Crippen molar-refractivity contribution in [2.24, 2.45) is 0 Å². The molecule has 0 spiro atoms. The summed E-state index contributed by atoms with van der Waals surface area (Å²) >= 11 is 0. The molecule has 21 heavy (non-hydrogen) atoms. The monoisotopic (exact) mass is 287 g/mol. The number of amides is 2. The second kappa shape index (κ2) is 6.04. The number of rotatable bonds is 3. The van der Waals surface area contributed by atoms with Crippen LogP contribution in [0.15, 0.2) is 42.5 Å². The zero-order valence-electron chi connectivity index (χ0n) is 11.3. The maximum atomic E-state index is 13.1. The minimum Gasteiger partial charge on any atom is -0.397 e. The van der Waals surface area contributed by atoms with Crippen LogP contribution in [-0.4, -0.2) is 11.8 Å². The van der Waals surface area contributed by atoms with Gasteiger partial charge in [-0.25, -0.2) is 4.39 Å². The van der Waals surface area contributed by atoms with Crippen LogP contribution in [0.3, 0.4) is 0 Å². The summed E-state index contributed by atoms with van der Waals surface area (Å²) in [5, 5.41) is 5.13. The zero-order valence-corrected chi connectivity index (χ0v) is 11.3. The molecule has 0 saturated carbocycles. The second-order valence-corrected chi connectivity index (χ2v) is 4.44. The van der Waals surface area contributed by atoms with Crippen LogP contribution >= 0.6 is 0 Å². The highest BCUT2D eigenvalue weighted by Gasteiger charge is 2.09. The van der Waals surface area contributed by atoms with Gasteiger partial charge in [0.2, 0.25) is 5.91 Å². The van der Waals surface area contributed by atoms with E-state index in [1.165, 1.54) is 19.1 Å². The molecule has 0 aliphatic carbocycles. The average molecular weight is 287 g/mol. The summed E-state index contributed by atoms with van der Waals surface area (Å²) in [5.41, 5.74) is 7.11. The number of halogens is 1. The Balaban J connectivity index is 2.13. The van der Waals surface area contributed by atoms with E-state index in [4.69, 9.17) is 5.73 Å². The van der Waals surface area contributed by atoms with Gasteiger partial charge in [0.25, 0.3) is 5.91 Å². The predicted octanol–water partition coefficient (Wildman–Crippen LogP) is 2.62. The van der Waals surface area contributed by atoms with Crippen LogP contribution < -0.4 is 16.4 Å². The Bertz CT molecular complexity index is 684. The summed E-state index contributed by atoms with van der Waals surface area (Å²) < 4.78 is 13.1. The molecular weight excluding hydrogens is 273 g/mol. The lowest BCUT2D eigenvalue weighted by atomic mass is 10.2. The molecule has 0 atom stereocenters. The van der Waals surface area contributed by atoms with Gasteiger partial charge in [0.05, 0.1) is 11.4 Å². The van der Waals surface area contributed by atoms with E-state index in [0.717, 1.165) is 6.07 Å². The van der Waals surface area contributed by atoms with Crippen molar-refractivity contribution in [2.75, 3.05) is 16.4 Å². The molecule has 2 aromatic carbocycles. The molecule has 0 bridgehead atoms. The third-order valence-electron chi connectivity index (χ3n) is 2.73. The molecular formula is C15H14FN3O2. The Morgan fingerprint density at radius 3 is 2.33 bits per heavy atom. The van der Waals surface area contributed by atoms with Crippen molar-refractivity contribution in [1.82, 2.24) is 0 Å². The average Bonchev–Trinajstić information content (AvgIpc) is 2.43. The normalized spacial score (nSPS) is 10.0. The summed E-state index contributed by atoms with van der Waals surface area (Å²) in [6.07, 6.45) is 0. The van der Waals surface area contributed by atoms with Crippen molar-refractivity contribution in [2.45, 2.75) is 6.92 Å². The SMILES string of the molecule is CC(=O)Nc1ccc(C(=O)Nc2cc(F)ccc2N)cc1. The fraction of sp³-hybridized carbons (Fsp3) is 0.0667. The third-order valence-corrected chi connectivity index (χ3v) is 2.73. The van der Waals surface area contributed by atoms with Crippen molar-refractivity contribution in [3.05, 3.63) is 53.8 Å². The molecule has 0 radical (unpaired) electrons. The van der Waals surface area contributed by atoms with E-state index in [0.29, 0.717) is 11.3 Å². The van der Waals surface area contributed by atoms with Crippen LogP contribution in [0.5, 0.6) is 0 Å². The molecule has 6 heteroatoms. The molecule has 0 unspecified atom stereocenters. The Morgan fingerprint density at radius 1 is 1.05 bits per heavy atom. The van der Waals surface area contributed by atoms with Gasteiger partial charge in [-0.15, -0.1) is 0 Å². The van der Waals surface area contributed by atoms with Crippen molar-refractivity contribution in [3.63, 3.8) is 0 Å². The maximum absolute atomic E-state index is 13.1. The molecule has 0 aliphatic rings. The smallest absolute Gasteiger partial charge is 0.255 e. The van der Waals surface area contributed by atoms with Gasteiger partial charge >= 0.3 is 0 Å². The summed E-state index contributed by atoms with van der Waals surface area (Å²) in [6, 6.07) is 10.1. The Labute approximate surface area is 121 Å². The Hall–Kier alpha value is -2.89. The van der Waals surface area contributed by atoms with Gasteiger partial charge in [0.1, 0.15) is 5.82 Å². The van der Waals surface area contributed by atoms with Crippen molar-refractivity contribution >= 4 is 28.9 Å². The van der Waals surface area contributed by atoms with Gasteiger partial charge in [0.15, 0.2) is 0 Å². The summed E-state index contributed by atoms with van der Waals surface area (Å²) in [7, 11) is 0. The van der Waals surface area contributed by atoms with Gasteiger partial charge in [0, 0.05) is 18.2 Å². The molecule has 0 aliphatic heterocycles. The lowest BCUT2D eigenvalue weighted by Crippen LogP contribution is -2.13. The molecule has 0 fully saturated rings. The van der Waals surface area contributed by atoms with E-state index in [9.17, 15) is 14.0 Å². The minimum atomic E-state index is -0.486. The number of nitrogens with one attached hydrogen (secondary N) is 2. The fourth-order valence-corrected chi connectivity index (χ4v) is 1.74. The topological polar surface area (TPSA) is 84.2 Å². The Morgan fingerprint density at radius 2 is 1.71 bits per heavy atom. The highest BCUT2D eigenvalue weighted by Crippen LogP contribution is 2.20. The molecule has 5 nitrogen and oxygen atoms in total. The summed E-state index contributed by atoms with van der Waals surface area (Å²) in [5.74, 6) is -1.10. The quantitative estimate of drug-likeness (QED) is 0.759. The van der Waals surface area contributed by atoms with Gasteiger partial charge < -0.3 is 16.4 Å². The number of carbonyl (C=O) groups excluding carboxylic acids is 2. The van der Waals surface area contributed by atoms with Gasteiger partial charge in [-0.2, -0.15) is 0 Å². The first-order chi connectivity index (χ1) is 9.95. The third kappa shape index (κ3) is 3.79. The molecule has 4 N–H and O–H groups in total. The van der Waals surface area contributed by atoms with E-state index >= 15 is 0 Å². The second-order valence-electron chi connectivity index (χ2n) is 4.44. The van der Waals surface area contributed by atoms with E-state index in [1.807, 2.05) is 0 Å². The maximum Gasteiger partial charge on any atom is 0.255 e. The number of anilines is 3. The number of nitrogen functional groups attached to an aromatic ring is 1. The van der Waals surface area contributed by atoms with Crippen molar-refractivity contribution < 1.29 is 14.0 Å². The number of hydrogen-bond acceptors (Lipinski definition) is 3. The first-order valence-corrected chi connectivity index (χ1v) is 6.20. The number of benzene rings is 2. The molecule has 2 rings (SSSR count). The van der Waals surface area contributed by atoms with E-state index in [-0.39, 0.29) is 17.3 Å². The predicted molar refractivity (Wildman–Crippen MR) is 79.5 cm³/mol. The van der Waals surface area contributed by atoms with Gasteiger partial charge in [-0.3, -0.25) is 9.59 Å². The highest BCUT2D eigenvalue weighted by atomic mass is 19.1. The molecule has 2 aromatic rings. The standard InChI is InChI=1S/C15H14FN3O2/c1-9(20)18-12-5-2-10(3-6-12)15(21)19-14-8-11(16)4-7-13(14)17/h2-8H,17H2,1H3,(H,18,20)(H,19,21). The molecule has 108 valence electrons. The highest BCUT2D eigenvalue weighted by molar-refractivity contribution is 6.06. The molecule has 0 saturated heterocycles. The van der Waals surface area contributed by atoms with Gasteiger partial charge in [-0.05, 0) is 42.5 Å². The molecule has 0 heterocycles.